The molecule has 2 rings (SSSR count). The standard InChI is InChI=1S/C17H27N3O/c1-17(2,18)13-19-16(21)15-9-6-10-20(12-15)11-14-7-4-3-5-8-14/h3-5,7-8,15H,6,9-13,18H2,1-2H3,(H,19,21). The van der Waals surface area contributed by atoms with Gasteiger partial charge in [0.2, 0.25) is 5.91 Å². The van der Waals surface area contributed by atoms with E-state index in [2.05, 4.69) is 34.5 Å². The molecule has 0 bridgehead atoms. The van der Waals surface area contributed by atoms with Gasteiger partial charge in [-0.25, -0.2) is 0 Å². The van der Waals surface area contributed by atoms with Crippen LogP contribution in [0, 0.1) is 5.92 Å². The van der Waals surface area contributed by atoms with Crippen LogP contribution in [0.4, 0.5) is 0 Å². The second kappa shape index (κ2) is 7.05. The number of rotatable bonds is 5. The molecule has 1 heterocycles. The monoisotopic (exact) mass is 289 g/mol. The van der Waals surface area contributed by atoms with E-state index in [1.807, 2.05) is 19.9 Å². The second-order valence-corrected chi connectivity index (χ2v) is 6.77. The second-order valence-electron chi connectivity index (χ2n) is 6.77. The van der Waals surface area contributed by atoms with Gasteiger partial charge < -0.3 is 11.1 Å². The number of likely N-dealkylation sites (tertiary alicyclic amines) is 1. The van der Waals surface area contributed by atoms with Gasteiger partial charge in [0.25, 0.3) is 0 Å². The lowest BCUT2D eigenvalue weighted by molar-refractivity contribution is -0.127. The Morgan fingerprint density at radius 3 is 2.76 bits per heavy atom. The number of nitrogens with one attached hydrogen (secondary N) is 1. The molecule has 116 valence electrons. The van der Waals surface area contributed by atoms with Crippen molar-refractivity contribution in [2.24, 2.45) is 11.7 Å². The van der Waals surface area contributed by atoms with Crippen molar-refractivity contribution in [3.63, 3.8) is 0 Å². The van der Waals surface area contributed by atoms with E-state index >= 15 is 0 Å². The number of piperidine rings is 1. The largest absolute Gasteiger partial charge is 0.354 e. The summed E-state index contributed by atoms with van der Waals surface area (Å²) in [7, 11) is 0. The number of nitrogens with zero attached hydrogens (tertiary/aromatic N) is 1. The summed E-state index contributed by atoms with van der Waals surface area (Å²) in [4.78, 5) is 14.6. The van der Waals surface area contributed by atoms with Crippen molar-refractivity contribution < 1.29 is 4.79 Å². The van der Waals surface area contributed by atoms with E-state index in [0.717, 1.165) is 32.5 Å². The van der Waals surface area contributed by atoms with Gasteiger partial charge in [-0.3, -0.25) is 9.69 Å². The molecule has 1 fully saturated rings. The van der Waals surface area contributed by atoms with Gasteiger partial charge in [0.15, 0.2) is 0 Å². The third-order valence-corrected chi connectivity index (χ3v) is 3.84. The molecule has 3 N–H and O–H groups in total. The summed E-state index contributed by atoms with van der Waals surface area (Å²) in [5.74, 6) is 0.232. The number of hydrogen-bond donors (Lipinski definition) is 2. The number of hydrogen-bond acceptors (Lipinski definition) is 3. The molecular weight excluding hydrogens is 262 g/mol. The molecule has 1 saturated heterocycles. The van der Waals surface area contributed by atoms with Crippen molar-refractivity contribution in [1.82, 2.24) is 10.2 Å². The molecule has 1 unspecified atom stereocenters. The van der Waals surface area contributed by atoms with Gasteiger partial charge in [-0.2, -0.15) is 0 Å². The lowest BCUT2D eigenvalue weighted by Gasteiger charge is -2.32. The van der Waals surface area contributed by atoms with Gasteiger partial charge in [0.1, 0.15) is 0 Å². The van der Waals surface area contributed by atoms with Crippen molar-refractivity contribution >= 4 is 5.91 Å². The minimum Gasteiger partial charge on any atom is -0.354 e. The Morgan fingerprint density at radius 1 is 1.38 bits per heavy atom. The predicted molar refractivity (Wildman–Crippen MR) is 85.7 cm³/mol. The van der Waals surface area contributed by atoms with Crippen LogP contribution in [0.15, 0.2) is 30.3 Å². The van der Waals surface area contributed by atoms with Gasteiger partial charge in [-0.1, -0.05) is 30.3 Å². The smallest absolute Gasteiger partial charge is 0.224 e. The zero-order chi connectivity index (χ0) is 15.3. The maximum Gasteiger partial charge on any atom is 0.224 e. The van der Waals surface area contributed by atoms with E-state index in [0.29, 0.717) is 6.54 Å². The van der Waals surface area contributed by atoms with Crippen LogP contribution in [-0.2, 0) is 11.3 Å². The maximum atomic E-state index is 12.2. The van der Waals surface area contributed by atoms with Crippen molar-refractivity contribution in [2.45, 2.75) is 38.8 Å². The average Bonchev–Trinajstić information content (AvgIpc) is 2.45. The lowest BCUT2D eigenvalue weighted by Crippen LogP contribution is -2.49. The normalized spacial score (nSPS) is 20.2. The summed E-state index contributed by atoms with van der Waals surface area (Å²) in [6.07, 6.45) is 2.05. The zero-order valence-electron chi connectivity index (χ0n) is 13.1. The molecule has 1 aliphatic heterocycles. The van der Waals surface area contributed by atoms with E-state index in [1.165, 1.54) is 5.56 Å². The van der Waals surface area contributed by atoms with Gasteiger partial charge in [-0.05, 0) is 38.8 Å². The van der Waals surface area contributed by atoms with E-state index in [4.69, 9.17) is 5.73 Å². The first-order valence-electron chi connectivity index (χ1n) is 7.77. The summed E-state index contributed by atoms with van der Waals surface area (Å²) in [5, 5.41) is 2.99. The highest BCUT2D eigenvalue weighted by atomic mass is 16.1. The maximum absolute atomic E-state index is 12.2. The highest BCUT2D eigenvalue weighted by Crippen LogP contribution is 2.18. The van der Waals surface area contributed by atoms with Crippen LogP contribution >= 0.6 is 0 Å². The summed E-state index contributed by atoms with van der Waals surface area (Å²) in [5.41, 5.74) is 6.87. The molecule has 1 atom stereocenters. The molecule has 0 radical (unpaired) electrons. The predicted octanol–water partition coefficient (Wildman–Crippen LogP) is 1.75. The molecule has 0 aromatic heterocycles. The molecule has 21 heavy (non-hydrogen) atoms. The Kier molecular flexibility index (Phi) is 5.37. The number of nitrogens with two attached hydrogens (primary N) is 1. The van der Waals surface area contributed by atoms with E-state index in [9.17, 15) is 4.79 Å². The molecule has 1 aliphatic rings. The Morgan fingerprint density at radius 2 is 2.10 bits per heavy atom. The number of amides is 1. The average molecular weight is 289 g/mol. The van der Waals surface area contributed by atoms with Crippen LogP contribution in [0.5, 0.6) is 0 Å². The first kappa shape index (κ1) is 16.0. The Bertz CT molecular complexity index is 453. The Balaban J connectivity index is 1.84. The fourth-order valence-corrected chi connectivity index (χ4v) is 2.71. The number of carbonyl (C=O) groups is 1. The van der Waals surface area contributed by atoms with E-state index in [-0.39, 0.29) is 17.4 Å². The number of carbonyl (C=O) groups excluding carboxylic acids is 1. The van der Waals surface area contributed by atoms with Crippen LogP contribution in [-0.4, -0.2) is 36.0 Å². The van der Waals surface area contributed by atoms with Gasteiger partial charge in [0.05, 0.1) is 5.92 Å². The molecule has 1 aromatic carbocycles. The zero-order valence-corrected chi connectivity index (χ0v) is 13.1. The van der Waals surface area contributed by atoms with E-state index in [1.54, 1.807) is 0 Å². The van der Waals surface area contributed by atoms with Gasteiger partial charge >= 0.3 is 0 Å². The minimum atomic E-state index is -0.353. The SMILES string of the molecule is CC(C)(N)CNC(=O)C1CCCN(Cc2ccccc2)C1. The van der Waals surface area contributed by atoms with Crippen molar-refractivity contribution in [1.29, 1.82) is 0 Å². The highest BCUT2D eigenvalue weighted by molar-refractivity contribution is 5.79. The molecule has 4 heteroatoms. The molecule has 0 aliphatic carbocycles. The van der Waals surface area contributed by atoms with Crippen molar-refractivity contribution in [3.05, 3.63) is 35.9 Å². The molecule has 0 saturated carbocycles. The Hall–Kier alpha value is -1.39. The Labute approximate surface area is 127 Å². The highest BCUT2D eigenvalue weighted by Gasteiger charge is 2.26. The summed E-state index contributed by atoms with van der Waals surface area (Å²) < 4.78 is 0. The third kappa shape index (κ3) is 5.48. The minimum absolute atomic E-state index is 0.0878. The molecule has 1 amide bonds. The van der Waals surface area contributed by atoms with Crippen LogP contribution < -0.4 is 11.1 Å². The van der Waals surface area contributed by atoms with Crippen LogP contribution in [0.25, 0.3) is 0 Å². The first-order chi connectivity index (χ1) is 9.94. The topological polar surface area (TPSA) is 58.4 Å². The van der Waals surface area contributed by atoms with E-state index < -0.39 is 0 Å². The summed E-state index contributed by atoms with van der Waals surface area (Å²) in [6.45, 7) is 7.21. The summed E-state index contributed by atoms with van der Waals surface area (Å²) >= 11 is 0. The quantitative estimate of drug-likeness (QED) is 0.868. The first-order valence-corrected chi connectivity index (χ1v) is 7.77. The molecule has 0 spiro atoms. The lowest BCUT2D eigenvalue weighted by atomic mass is 9.96. The third-order valence-electron chi connectivity index (χ3n) is 3.84. The fourth-order valence-electron chi connectivity index (χ4n) is 2.71. The van der Waals surface area contributed by atoms with Gasteiger partial charge in [0, 0.05) is 25.2 Å². The molecule has 4 nitrogen and oxygen atoms in total. The van der Waals surface area contributed by atoms with Crippen molar-refractivity contribution in [3.8, 4) is 0 Å². The van der Waals surface area contributed by atoms with Crippen LogP contribution in [0.3, 0.4) is 0 Å². The van der Waals surface area contributed by atoms with Crippen LogP contribution in [0.2, 0.25) is 0 Å². The summed E-state index contributed by atoms with van der Waals surface area (Å²) in [6, 6.07) is 10.4. The molecule has 1 aromatic rings. The van der Waals surface area contributed by atoms with Crippen molar-refractivity contribution in [2.75, 3.05) is 19.6 Å². The molecular formula is C17H27N3O. The van der Waals surface area contributed by atoms with Crippen LogP contribution in [0.1, 0.15) is 32.3 Å². The van der Waals surface area contributed by atoms with Gasteiger partial charge in [-0.15, -0.1) is 0 Å². The number of benzene rings is 1. The fraction of sp³-hybridized carbons (Fsp3) is 0.588.